The van der Waals surface area contributed by atoms with E-state index >= 15 is 0 Å². The van der Waals surface area contributed by atoms with Gasteiger partial charge >= 0.3 is 18.0 Å². The van der Waals surface area contributed by atoms with Crippen molar-refractivity contribution >= 4 is 11.9 Å². The minimum Gasteiger partial charge on any atom is -0.480 e. The SMILES string of the molecule is COc1nc(OC)nc(N2CCNCC2C(=O)O)n1. The number of aromatic nitrogens is 3. The maximum absolute atomic E-state index is 11.2. The molecule has 19 heavy (non-hydrogen) atoms. The number of aliphatic carboxylic acids is 1. The summed E-state index contributed by atoms with van der Waals surface area (Å²) in [6.07, 6.45) is 0. The van der Waals surface area contributed by atoms with Crippen molar-refractivity contribution in [3.63, 3.8) is 0 Å². The van der Waals surface area contributed by atoms with Gasteiger partial charge < -0.3 is 24.8 Å². The Morgan fingerprint density at radius 2 is 1.95 bits per heavy atom. The molecule has 9 heteroatoms. The van der Waals surface area contributed by atoms with Crippen LogP contribution in [0.3, 0.4) is 0 Å². The highest BCUT2D eigenvalue weighted by molar-refractivity contribution is 5.78. The van der Waals surface area contributed by atoms with Crippen molar-refractivity contribution in [2.75, 3.05) is 38.8 Å². The van der Waals surface area contributed by atoms with E-state index in [1.807, 2.05) is 0 Å². The molecule has 1 atom stereocenters. The van der Waals surface area contributed by atoms with Crippen molar-refractivity contribution in [3.8, 4) is 12.0 Å². The molecule has 1 fully saturated rings. The van der Waals surface area contributed by atoms with Crippen molar-refractivity contribution in [1.29, 1.82) is 0 Å². The number of carbonyl (C=O) groups is 1. The van der Waals surface area contributed by atoms with Gasteiger partial charge in [0.1, 0.15) is 6.04 Å². The zero-order valence-corrected chi connectivity index (χ0v) is 10.7. The number of anilines is 1. The Kier molecular flexibility index (Phi) is 3.95. The second-order valence-corrected chi connectivity index (χ2v) is 3.86. The summed E-state index contributed by atoms with van der Waals surface area (Å²) in [6.45, 7) is 1.46. The smallest absolute Gasteiger partial charge is 0.327 e. The lowest BCUT2D eigenvalue weighted by molar-refractivity contribution is -0.138. The van der Waals surface area contributed by atoms with E-state index in [-0.39, 0.29) is 18.0 Å². The fraction of sp³-hybridized carbons (Fsp3) is 0.600. The summed E-state index contributed by atoms with van der Waals surface area (Å²) in [5, 5.41) is 12.2. The van der Waals surface area contributed by atoms with Gasteiger partial charge in [0.05, 0.1) is 14.2 Å². The molecule has 9 nitrogen and oxygen atoms in total. The number of nitrogens with one attached hydrogen (secondary N) is 1. The van der Waals surface area contributed by atoms with E-state index in [1.54, 1.807) is 4.90 Å². The molecule has 1 aromatic heterocycles. The summed E-state index contributed by atoms with van der Waals surface area (Å²) in [5.41, 5.74) is 0. The molecular weight excluding hydrogens is 254 g/mol. The molecule has 1 aromatic rings. The van der Waals surface area contributed by atoms with Crippen molar-refractivity contribution < 1.29 is 19.4 Å². The molecule has 2 heterocycles. The molecule has 2 N–H and O–H groups in total. The summed E-state index contributed by atoms with van der Waals surface area (Å²) in [7, 11) is 2.84. The van der Waals surface area contributed by atoms with E-state index in [0.29, 0.717) is 19.6 Å². The Bertz CT molecular complexity index is 447. The molecule has 0 aliphatic carbocycles. The molecular formula is C10H15N5O4. The van der Waals surface area contributed by atoms with Crippen LogP contribution >= 0.6 is 0 Å². The third kappa shape index (κ3) is 2.81. The number of rotatable bonds is 4. The predicted molar refractivity (Wildman–Crippen MR) is 64.6 cm³/mol. The number of hydrogen-bond acceptors (Lipinski definition) is 8. The Labute approximate surface area is 109 Å². The summed E-state index contributed by atoms with van der Waals surface area (Å²) < 4.78 is 9.90. The normalized spacial score (nSPS) is 19.1. The van der Waals surface area contributed by atoms with Gasteiger partial charge in [-0.2, -0.15) is 9.97 Å². The summed E-state index contributed by atoms with van der Waals surface area (Å²) >= 11 is 0. The van der Waals surface area contributed by atoms with Crippen LogP contribution in [-0.2, 0) is 4.79 Å². The minimum atomic E-state index is -0.939. The van der Waals surface area contributed by atoms with Crippen LogP contribution in [0.2, 0.25) is 0 Å². The highest BCUT2D eigenvalue weighted by Gasteiger charge is 2.31. The number of hydrogen-bond donors (Lipinski definition) is 2. The quantitative estimate of drug-likeness (QED) is 0.692. The molecule has 0 saturated carbocycles. The largest absolute Gasteiger partial charge is 0.480 e. The molecule has 1 saturated heterocycles. The highest BCUT2D eigenvalue weighted by atomic mass is 16.5. The number of nitrogens with zero attached hydrogens (tertiary/aromatic N) is 4. The zero-order valence-electron chi connectivity index (χ0n) is 10.7. The van der Waals surface area contributed by atoms with Crippen LogP contribution in [0.5, 0.6) is 12.0 Å². The van der Waals surface area contributed by atoms with Crippen LogP contribution in [0.1, 0.15) is 0 Å². The lowest BCUT2D eigenvalue weighted by Gasteiger charge is -2.33. The number of carboxylic acids is 1. The first-order valence-electron chi connectivity index (χ1n) is 5.70. The van der Waals surface area contributed by atoms with Crippen molar-refractivity contribution in [2.24, 2.45) is 0 Å². The van der Waals surface area contributed by atoms with Gasteiger partial charge in [0.15, 0.2) is 0 Å². The van der Waals surface area contributed by atoms with E-state index in [0.717, 1.165) is 0 Å². The molecule has 1 aliphatic rings. The van der Waals surface area contributed by atoms with Gasteiger partial charge in [-0.25, -0.2) is 4.79 Å². The molecule has 0 aromatic carbocycles. The van der Waals surface area contributed by atoms with E-state index in [1.165, 1.54) is 14.2 Å². The number of methoxy groups -OCH3 is 2. The average Bonchev–Trinajstić information content (AvgIpc) is 2.46. The molecule has 104 valence electrons. The number of piperazine rings is 1. The van der Waals surface area contributed by atoms with Crippen molar-refractivity contribution in [2.45, 2.75) is 6.04 Å². The molecule has 0 spiro atoms. The fourth-order valence-corrected chi connectivity index (χ4v) is 1.80. The molecule has 2 rings (SSSR count). The van der Waals surface area contributed by atoms with Gasteiger partial charge in [0.2, 0.25) is 5.95 Å². The van der Waals surface area contributed by atoms with Gasteiger partial charge in [-0.15, -0.1) is 4.98 Å². The van der Waals surface area contributed by atoms with Crippen molar-refractivity contribution in [1.82, 2.24) is 20.3 Å². The van der Waals surface area contributed by atoms with E-state index in [2.05, 4.69) is 20.3 Å². The Balaban J connectivity index is 2.35. The summed E-state index contributed by atoms with van der Waals surface area (Å²) in [6, 6.07) is -0.556. The van der Waals surface area contributed by atoms with Gasteiger partial charge in [-0.05, 0) is 0 Å². The van der Waals surface area contributed by atoms with Crippen LogP contribution in [-0.4, -0.2) is 65.9 Å². The predicted octanol–water partition coefficient (Wildman–Crippen LogP) is -1.25. The Morgan fingerprint density at radius 3 is 2.47 bits per heavy atom. The fourth-order valence-electron chi connectivity index (χ4n) is 1.80. The second-order valence-electron chi connectivity index (χ2n) is 3.86. The maximum Gasteiger partial charge on any atom is 0.327 e. The van der Waals surface area contributed by atoms with Gasteiger partial charge in [0, 0.05) is 19.6 Å². The lowest BCUT2D eigenvalue weighted by atomic mass is 10.2. The maximum atomic E-state index is 11.2. The highest BCUT2D eigenvalue weighted by Crippen LogP contribution is 2.19. The van der Waals surface area contributed by atoms with E-state index < -0.39 is 12.0 Å². The first kappa shape index (κ1) is 13.3. The zero-order chi connectivity index (χ0) is 13.8. The van der Waals surface area contributed by atoms with Gasteiger partial charge in [-0.3, -0.25) is 0 Å². The molecule has 0 bridgehead atoms. The van der Waals surface area contributed by atoms with E-state index in [4.69, 9.17) is 9.47 Å². The average molecular weight is 269 g/mol. The summed E-state index contributed by atoms with van der Waals surface area (Å²) in [5.74, 6) is -0.705. The molecule has 1 unspecified atom stereocenters. The first-order chi connectivity index (χ1) is 9.15. The van der Waals surface area contributed by atoms with Crippen molar-refractivity contribution in [3.05, 3.63) is 0 Å². The van der Waals surface area contributed by atoms with Crippen LogP contribution in [0.25, 0.3) is 0 Å². The van der Waals surface area contributed by atoms with E-state index in [9.17, 15) is 9.90 Å². The minimum absolute atomic E-state index is 0.0875. The van der Waals surface area contributed by atoms with Crippen LogP contribution in [0.4, 0.5) is 5.95 Å². The third-order valence-corrected chi connectivity index (χ3v) is 2.73. The van der Waals surface area contributed by atoms with Crippen LogP contribution < -0.4 is 19.7 Å². The number of carboxylic acid groups (broad SMARTS) is 1. The third-order valence-electron chi connectivity index (χ3n) is 2.73. The molecule has 1 aliphatic heterocycles. The monoisotopic (exact) mass is 269 g/mol. The van der Waals surface area contributed by atoms with Gasteiger partial charge in [-0.1, -0.05) is 0 Å². The molecule has 0 amide bonds. The van der Waals surface area contributed by atoms with Crippen LogP contribution in [0, 0.1) is 0 Å². The van der Waals surface area contributed by atoms with Gasteiger partial charge in [0.25, 0.3) is 0 Å². The summed E-state index contributed by atoms with van der Waals surface area (Å²) in [4.78, 5) is 24.8. The Morgan fingerprint density at radius 1 is 1.32 bits per heavy atom. The van der Waals surface area contributed by atoms with Crippen LogP contribution in [0.15, 0.2) is 0 Å². The number of ether oxygens (including phenoxy) is 2. The standard InChI is InChI=1S/C10H15N5O4/c1-18-9-12-8(13-10(14-9)19-2)15-4-3-11-5-6(15)7(16)17/h6,11H,3-5H2,1-2H3,(H,16,17). The lowest BCUT2D eigenvalue weighted by Crippen LogP contribution is -2.55. The first-order valence-corrected chi connectivity index (χ1v) is 5.70. The molecule has 0 radical (unpaired) electrons. The Hall–Kier alpha value is -2.16. The second kappa shape index (κ2) is 5.65. The topological polar surface area (TPSA) is 110 Å².